The van der Waals surface area contributed by atoms with Crippen molar-refractivity contribution < 1.29 is 9.53 Å². The summed E-state index contributed by atoms with van der Waals surface area (Å²) in [4.78, 5) is 25.0. The Hall–Kier alpha value is -3.02. The number of benzene rings is 2. The Labute approximate surface area is 164 Å². The normalized spacial score (nSPS) is 10.9. The third-order valence-corrected chi connectivity index (χ3v) is 4.83. The van der Waals surface area contributed by atoms with Crippen molar-refractivity contribution >= 4 is 16.9 Å². The molecule has 6 heteroatoms. The summed E-state index contributed by atoms with van der Waals surface area (Å²) >= 11 is 0. The van der Waals surface area contributed by atoms with Crippen LogP contribution in [0.25, 0.3) is 11.0 Å². The first-order valence-corrected chi connectivity index (χ1v) is 9.71. The molecule has 0 unspecified atom stereocenters. The molecule has 1 heterocycles. The Morgan fingerprint density at radius 2 is 1.64 bits per heavy atom. The van der Waals surface area contributed by atoms with Crippen molar-refractivity contribution in [2.75, 3.05) is 13.7 Å². The maximum Gasteiger partial charge on any atom is 0.329 e. The van der Waals surface area contributed by atoms with Gasteiger partial charge in [-0.15, -0.1) is 0 Å². The Kier molecular flexibility index (Phi) is 6.53. The number of carbonyl (C=O) groups is 1. The number of aromatic nitrogens is 2. The van der Waals surface area contributed by atoms with Crippen LogP contribution in [0.1, 0.15) is 25.3 Å². The molecule has 0 bridgehead atoms. The van der Waals surface area contributed by atoms with Crippen LogP contribution in [0.4, 0.5) is 0 Å². The van der Waals surface area contributed by atoms with Gasteiger partial charge in [-0.2, -0.15) is 0 Å². The van der Waals surface area contributed by atoms with Crippen LogP contribution in [-0.4, -0.2) is 28.7 Å². The highest BCUT2D eigenvalue weighted by molar-refractivity contribution is 5.78. The molecule has 0 radical (unpaired) electrons. The average Bonchev–Trinajstić information content (AvgIpc) is 2.98. The topological polar surface area (TPSA) is 65.3 Å². The van der Waals surface area contributed by atoms with E-state index in [4.69, 9.17) is 4.74 Å². The van der Waals surface area contributed by atoms with Gasteiger partial charge in [-0.25, -0.2) is 4.79 Å². The highest BCUT2D eigenvalue weighted by atomic mass is 16.5. The number of hydrogen-bond acceptors (Lipinski definition) is 3. The number of amides is 1. The lowest BCUT2D eigenvalue weighted by Gasteiger charge is -2.07. The number of rotatable bonds is 9. The van der Waals surface area contributed by atoms with Crippen molar-refractivity contribution in [1.82, 2.24) is 14.5 Å². The molecule has 148 valence electrons. The van der Waals surface area contributed by atoms with Crippen molar-refractivity contribution in [3.8, 4) is 5.75 Å². The van der Waals surface area contributed by atoms with Gasteiger partial charge in [0, 0.05) is 26.1 Å². The van der Waals surface area contributed by atoms with Crippen molar-refractivity contribution in [3.63, 3.8) is 0 Å². The molecule has 6 nitrogen and oxygen atoms in total. The number of ether oxygens (including phenoxy) is 1. The molecule has 0 spiro atoms. The quantitative estimate of drug-likeness (QED) is 0.620. The van der Waals surface area contributed by atoms with E-state index < -0.39 is 0 Å². The molecule has 3 aromatic rings. The van der Waals surface area contributed by atoms with Crippen molar-refractivity contribution in [3.05, 3.63) is 64.6 Å². The molecule has 1 aromatic heterocycles. The van der Waals surface area contributed by atoms with Crippen molar-refractivity contribution in [2.24, 2.45) is 0 Å². The lowest BCUT2D eigenvalue weighted by molar-refractivity contribution is -0.121. The predicted molar refractivity (Wildman–Crippen MR) is 111 cm³/mol. The Bertz CT molecular complexity index is 986. The minimum absolute atomic E-state index is 0.0471. The number of para-hydroxylation sites is 2. The number of methoxy groups -OCH3 is 1. The zero-order chi connectivity index (χ0) is 19.9. The smallest absolute Gasteiger partial charge is 0.329 e. The van der Waals surface area contributed by atoms with E-state index in [1.807, 2.05) is 48.5 Å². The summed E-state index contributed by atoms with van der Waals surface area (Å²) in [6.45, 7) is 3.68. The largest absolute Gasteiger partial charge is 0.497 e. The van der Waals surface area contributed by atoms with Crippen LogP contribution < -0.4 is 15.7 Å². The summed E-state index contributed by atoms with van der Waals surface area (Å²) in [6.07, 6.45) is 1.92. The van der Waals surface area contributed by atoms with Gasteiger partial charge in [0.15, 0.2) is 0 Å². The molecule has 3 rings (SSSR count). The number of fused-ring (bicyclic) bond motifs is 1. The molecule has 0 saturated carbocycles. The lowest BCUT2D eigenvalue weighted by atomic mass is 10.1. The molecule has 2 aromatic carbocycles. The summed E-state index contributed by atoms with van der Waals surface area (Å²) in [5.74, 6) is 0.771. The molecule has 0 aliphatic rings. The third kappa shape index (κ3) is 4.44. The number of nitrogens with zero attached hydrogens (tertiary/aromatic N) is 2. The summed E-state index contributed by atoms with van der Waals surface area (Å²) in [5.41, 5.74) is 2.90. The Morgan fingerprint density at radius 3 is 2.25 bits per heavy atom. The van der Waals surface area contributed by atoms with Crippen LogP contribution in [-0.2, 0) is 24.3 Å². The zero-order valence-electron chi connectivity index (χ0n) is 16.5. The summed E-state index contributed by atoms with van der Waals surface area (Å²) < 4.78 is 8.63. The van der Waals surface area contributed by atoms with Gasteiger partial charge < -0.3 is 10.1 Å². The Balaban J connectivity index is 1.57. The van der Waals surface area contributed by atoms with Gasteiger partial charge in [0.1, 0.15) is 5.75 Å². The second-order valence-electron chi connectivity index (χ2n) is 6.77. The van der Waals surface area contributed by atoms with E-state index in [0.717, 1.165) is 35.2 Å². The molecule has 0 aliphatic heterocycles. The first kappa shape index (κ1) is 19.7. The van der Waals surface area contributed by atoms with Crippen molar-refractivity contribution in [2.45, 2.75) is 39.3 Å². The van der Waals surface area contributed by atoms with Crippen LogP contribution in [0.3, 0.4) is 0 Å². The number of hydrogen-bond donors (Lipinski definition) is 1. The van der Waals surface area contributed by atoms with Crippen LogP contribution in [0.15, 0.2) is 53.3 Å². The van der Waals surface area contributed by atoms with E-state index in [1.165, 1.54) is 0 Å². The average molecular weight is 381 g/mol. The van der Waals surface area contributed by atoms with E-state index in [2.05, 4.69) is 12.2 Å². The molecule has 1 N–H and O–H groups in total. The maximum atomic E-state index is 12.7. The standard InChI is InChI=1S/C22H27N3O3/c1-3-15-24-19-6-4-5-7-20(19)25(22(24)27)16-13-21(26)23-14-12-17-8-10-18(28-2)11-9-17/h4-11H,3,12-16H2,1-2H3,(H,23,26). The molecular weight excluding hydrogens is 354 g/mol. The van der Waals surface area contributed by atoms with Crippen LogP contribution in [0.2, 0.25) is 0 Å². The van der Waals surface area contributed by atoms with E-state index in [-0.39, 0.29) is 18.0 Å². The molecule has 28 heavy (non-hydrogen) atoms. The van der Waals surface area contributed by atoms with Crippen LogP contribution in [0, 0.1) is 0 Å². The maximum absolute atomic E-state index is 12.7. The number of imidazole rings is 1. The third-order valence-electron chi connectivity index (χ3n) is 4.83. The number of aryl methyl sites for hydroxylation is 2. The van der Waals surface area contributed by atoms with Gasteiger partial charge in [-0.3, -0.25) is 13.9 Å². The summed E-state index contributed by atoms with van der Waals surface area (Å²) in [5, 5.41) is 2.94. The van der Waals surface area contributed by atoms with Crippen molar-refractivity contribution in [1.29, 1.82) is 0 Å². The highest BCUT2D eigenvalue weighted by Gasteiger charge is 2.13. The SMILES string of the molecule is CCCn1c(=O)n(CCC(=O)NCCc2ccc(OC)cc2)c2ccccc21. The van der Waals surface area contributed by atoms with E-state index >= 15 is 0 Å². The van der Waals surface area contributed by atoms with E-state index in [0.29, 0.717) is 19.6 Å². The molecule has 0 saturated heterocycles. The molecule has 0 fully saturated rings. The molecular formula is C22H27N3O3. The monoisotopic (exact) mass is 381 g/mol. The summed E-state index contributed by atoms with van der Waals surface area (Å²) in [7, 11) is 1.64. The molecule has 0 aliphatic carbocycles. The van der Waals surface area contributed by atoms with Crippen LogP contribution in [0.5, 0.6) is 5.75 Å². The fraction of sp³-hybridized carbons (Fsp3) is 0.364. The number of carbonyl (C=O) groups excluding carboxylic acids is 1. The van der Waals surface area contributed by atoms with E-state index in [1.54, 1.807) is 16.2 Å². The second kappa shape index (κ2) is 9.26. The first-order chi connectivity index (χ1) is 13.6. The Morgan fingerprint density at radius 1 is 1.00 bits per heavy atom. The van der Waals surface area contributed by atoms with Gasteiger partial charge in [0.25, 0.3) is 0 Å². The lowest BCUT2D eigenvalue weighted by Crippen LogP contribution is -2.29. The molecule has 1 amide bonds. The van der Waals surface area contributed by atoms with Gasteiger partial charge in [0.2, 0.25) is 5.91 Å². The van der Waals surface area contributed by atoms with Gasteiger partial charge in [-0.1, -0.05) is 31.2 Å². The minimum atomic E-state index is -0.0484. The zero-order valence-corrected chi connectivity index (χ0v) is 16.5. The van der Waals surface area contributed by atoms with Gasteiger partial charge in [0.05, 0.1) is 18.1 Å². The fourth-order valence-corrected chi connectivity index (χ4v) is 3.37. The first-order valence-electron chi connectivity index (χ1n) is 9.71. The van der Waals surface area contributed by atoms with E-state index in [9.17, 15) is 9.59 Å². The second-order valence-corrected chi connectivity index (χ2v) is 6.77. The fourth-order valence-electron chi connectivity index (χ4n) is 3.37. The predicted octanol–water partition coefficient (Wildman–Crippen LogP) is 2.97. The van der Waals surface area contributed by atoms with Gasteiger partial charge in [-0.05, 0) is 42.7 Å². The minimum Gasteiger partial charge on any atom is -0.497 e. The molecule has 0 atom stereocenters. The van der Waals surface area contributed by atoms with Crippen LogP contribution >= 0.6 is 0 Å². The number of nitrogens with one attached hydrogen (secondary N) is 1. The van der Waals surface area contributed by atoms with Gasteiger partial charge >= 0.3 is 5.69 Å². The summed E-state index contributed by atoms with van der Waals surface area (Å²) in [6, 6.07) is 15.6. The highest BCUT2D eigenvalue weighted by Crippen LogP contribution is 2.14.